The summed E-state index contributed by atoms with van der Waals surface area (Å²) in [6.45, 7) is 2.06. The molecule has 0 atom stereocenters. The van der Waals surface area contributed by atoms with Gasteiger partial charge in [-0.05, 0) is 37.3 Å². The molecule has 2 aromatic carbocycles. The summed E-state index contributed by atoms with van der Waals surface area (Å²) < 4.78 is 10.7. The molecule has 23 heavy (non-hydrogen) atoms. The van der Waals surface area contributed by atoms with Crippen molar-refractivity contribution in [3.8, 4) is 11.5 Å². The van der Waals surface area contributed by atoms with Gasteiger partial charge in [-0.1, -0.05) is 34.8 Å². The smallest absolute Gasteiger partial charge is 0.345 e. The molecule has 7 heteroatoms. The van der Waals surface area contributed by atoms with Crippen LogP contribution in [0.1, 0.15) is 27.6 Å². The fourth-order valence-corrected chi connectivity index (χ4v) is 2.56. The molecule has 0 aliphatic rings. The van der Waals surface area contributed by atoms with Gasteiger partial charge in [0.15, 0.2) is 11.5 Å². The summed E-state index contributed by atoms with van der Waals surface area (Å²) >= 11 is 17.9. The zero-order valence-electron chi connectivity index (χ0n) is 11.9. The van der Waals surface area contributed by atoms with Crippen molar-refractivity contribution in [3.63, 3.8) is 0 Å². The summed E-state index contributed by atoms with van der Waals surface area (Å²) in [6.07, 6.45) is 0.621. The van der Waals surface area contributed by atoms with Crippen molar-refractivity contribution in [3.05, 3.63) is 56.5 Å². The molecule has 0 spiro atoms. The summed E-state index contributed by atoms with van der Waals surface area (Å²) in [5.74, 6) is -0.496. The van der Waals surface area contributed by atoms with Crippen LogP contribution in [0.4, 0.5) is 0 Å². The van der Waals surface area contributed by atoms with E-state index in [1.54, 1.807) is 6.92 Å². The maximum absolute atomic E-state index is 12.3. The van der Waals surface area contributed by atoms with Crippen LogP contribution in [-0.2, 0) is 0 Å². The van der Waals surface area contributed by atoms with Crippen molar-refractivity contribution in [1.82, 2.24) is 0 Å². The van der Waals surface area contributed by atoms with Crippen molar-refractivity contribution < 1.29 is 19.1 Å². The number of benzene rings is 2. The lowest BCUT2D eigenvalue weighted by molar-refractivity contribution is 0.0728. The molecule has 2 rings (SSSR count). The molecule has 0 aromatic heterocycles. The molecule has 0 fully saturated rings. The van der Waals surface area contributed by atoms with E-state index in [-0.39, 0.29) is 27.1 Å². The third-order valence-electron chi connectivity index (χ3n) is 2.81. The van der Waals surface area contributed by atoms with E-state index in [1.165, 1.54) is 30.3 Å². The first-order chi connectivity index (χ1) is 11.0. The topological polar surface area (TPSA) is 52.6 Å². The number of aldehydes is 1. The fraction of sp³-hybridized carbons (Fsp3) is 0.125. The quantitative estimate of drug-likeness (QED) is 0.417. The Hall–Kier alpha value is -1.75. The van der Waals surface area contributed by atoms with Crippen molar-refractivity contribution >= 4 is 47.1 Å². The number of ether oxygens (including phenoxy) is 2. The van der Waals surface area contributed by atoms with Gasteiger partial charge in [-0.25, -0.2) is 4.79 Å². The number of carbonyl (C=O) groups excluding carboxylic acids is 2. The van der Waals surface area contributed by atoms with Gasteiger partial charge in [-0.3, -0.25) is 4.79 Å². The Bertz CT molecular complexity index is 759. The van der Waals surface area contributed by atoms with E-state index in [0.717, 1.165) is 0 Å². The molecular weight excluding hydrogens is 363 g/mol. The standard InChI is InChI=1S/C16H11Cl3O4/c1-2-22-14-6-9(8-20)5-13(19)15(14)23-16(21)11-4-3-10(17)7-12(11)18/h3-8H,2H2,1H3. The second-order valence-corrected chi connectivity index (χ2v) is 5.65. The Morgan fingerprint density at radius 3 is 2.48 bits per heavy atom. The first-order valence-corrected chi connectivity index (χ1v) is 7.68. The van der Waals surface area contributed by atoms with Gasteiger partial charge in [0.2, 0.25) is 0 Å². The molecule has 0 heterocycles. The third kappa shape index (κ3) is 4.16. The Labute approximate surface area is 147 Å². The van der Waals surface area contributed by atoms with Crippen molar-refractivity contribution in [1.29, 1.82) is 0 Å². The highest BCUT2D eigenvalue weighted by atomic mass is 35.5. The minimum atomic E-state index is -0.714. The molecule has 0 aliphatic carbocycles. The van der Waals surface area contributed by atoms with Gasteiger partial charge in [-0.15, -0.1) is 0 Å². The second-order valence-electron chi connectivity index (χ2n) is 4.39. The molecule has 0 radical (unpaired) electrons. The van der Waals surface area contributed by atoms with Crippen LogP contribution in [0.3, 0.4) is 0 Å². The SMILES string of the molecule is CCOc1cc(C=O)cc(Cl)c1OC(=O)c1ccc(Cl)cc1Cl. The van der Waals surface area contributed by atoms with Crippen LogP contribution >= 0.6 is 34.8 Å². The highest BCUT2D eigenvalue weighted by molar-refractivity contribution is 6.36. The summed E-state index contributed by atoms with van der Waals surface area (Å²) in [5, 5.41) is 0.632. The fourth-order valence-electron chi connectivity index (χ4n) is 1.82. The molecule has 0 saturated heterocycles. The van der Waals surface area contributed by atoms with Crippen molar-refractivity contribution in [2.75, 3.05) is 6.61 Å². The summed E-state index contributed by atoms with van der Waals surface area (Å²) in [7, 11) is 0. The lowest BCUT2D eigenvalue weighted by atomic mass is 10.2. The van der Waals surface area contributed by atoms with Crippen LogP contribution in [0.15, 0.2) is 30.3 Å². The molecule has 0 aliphatic heterocycles. The minimum absolute atomic E-state index is 0.0233. The van der Waals surface area contributed by atoms with Gasteiger partial charge in [0.05, 0.1) is 22.2 Å². The summed E-state index contributed by atoms with van der Waals surface area (Å²) in [5.41, 5.74) is 0.442. The van der Waals surface area contributed by atoms with Gasteiger partial charge >= 0.3 is 5.97 Å². The number of halogens is 3. The van der Waals surface area contributed by atoms with Crippen LogP contribution in [-0.4, -0.2) is 18.9 Å². The number of carbonyl (C=O) groups is 2. The summed E-state index contributed by atoms with van der Waals surface area (Å²) in [4.78, 5) is 23.2. The number of hydrogen-bond acceptors (Lipinski definition) is 4. The molecule has 2 aromatic rings. The van der Waals surface area contributed by atoms with Crippen molar-refractivity contribution in [2.45, 2.75) is 6.92 Å². The van der Waals surface area contributed by atoms with Gasteiger partial charge in [0.1, 0.15) is 6.29 Å². The molecule has 0 saturated carbocycles. The van der Waals surface area contributed by atoms with Crippen LogP contribution in [0.2, 0.25) is 15.1 Å². The Morgan fingerprint density at radius 1 is 1.13 bits per heavy atom. The van der Waals surface area contributed by atoms with Gasteiger partial charge < -0.3 is 9.47 Å². The van der Waals surface area contributed by atoms with E-state index >= 15 is 0 Å². The zero-order valence-corrected chi connectivity index (χ0v) is 14.2. The molecule has 0 bridgehead atoms. The lowest BCUT2D eigenvalue weighted by Gasteiger charge is -2.13. The highest BCUT2D eigenvalue weighted by Crippen LogP contribution is 2.37. The van der Waals surface area contributed by atoms with Crippen LogP contribution in [0.25, 0.3) is 0 Å². The largest absolute Gasteiger partial charge is 0.490 e. The van der Waals surface area contributed by atoms with E-state index in [2.05, 4.69) is 0 Å². The Morgan fingerprint density at radius 2 is 1.87 bits per heavy atom. The monoisotopic (exact) mass is 372 g/mol. The average Bonchev–Trinajstić information content (AvgIpc) is 2.50. The molecule has 0 unspecified atom stereocenters. The Balaban J connectivity index is 2.38. The Kier molecular flexibility index (Phi) is 5.88. The first kappa shape index (κ1) is 17.6. The number of hydrogen-bond donors (Lipinski definition) is 0. The van der Waals surface area contributed by atoms with Gasteiger partial charge in [-0.2, -0.15) is 0 Å². The van der Waals surface area contributed by atoms with E-state index < -0.39 is 5.97 Å². The molecule has 0 N–H and O–H groups in total. The van der Waals surface area contributed by atoms with E-state index in [0.29, 0.717) is 23.5 Å². The van der Waals surface area contributed by atoms with E-state index in [1.807, 2.05) is 0 Å². The van der Waals surface area contributed by atoms with Crippen molar-refractivity contribution in [2.24, 2.45) is 0 Å². The predicted octanol–water partition coefficient (Wildman–Crippen LogP) is 5.08. The number of rotatable bonds is 5. The molecular formula is C16H11Cl3O4. The molecule has 4 nitrogen and oxygen atoms in total. The normalized spacial score (nSPS) is 10.3. The lowest BCUT2D eigenvalue weighted by Crippen LogP contribution is -2.11. The maximum Gasteiger partial charge on any atom is 0.345 e. The average molecular weight is 374 g/mol. The van der Waals surface area contributed by atoms with Gasteiger partial charge in [0.25, 0.3) is 0 Å². The van der Waals surface area contributed by atoms with Crippen LogP contribution in [0, 0.1) is 0 Å². The second kappa shape index (κ2) is 7.68. The highest BCUT2D eigenvalue weighted by Gasteiger charge is 2.19. The maximum atomic E-state index is 12.3. The molecule has 0 amide bonds. The number of esters is 1. The minimum Gasteiger partial charge on any atom is -0.490 e. The predicted molar refractivity (Wildman–Crippen MR) is 89.4 cm³/mol. The van der Waals surface area contributed by atoms with Gasteiger partial charge in [0, 0.05) is 10.6 Å². The third-order valence-corrected chi connectivity index (χ3v) is 3.64. The molecule has 120 valence electrons. The first-order valence-electron chi connectivity index (χ1n) is 6.55. The van der Waals surface area contributed by atoms with E-state index in [4.69, 9.17) is 44.3 Å². The summed E-state index contributed by atoms with van der Waals surface area (Å²) in [6, 6.07) is 7.21. The van der Waals surface area contributed by atoms with Crippen LogP contribution < -0.4 is 9.47 Å². The zero-order chi connectivity index (χ0) is 17.0. The van der Waals surface area contributed by atoms with E-state index in [9.17, 15) is 9.59 Å². The van der Waals surface area contributed by atoms with Crippen LogP contribution in [0.5, 0.6) is 11.5 Å².